The summed E-state index contributed by atoms with van der Waals surface area (Å²) in [6.07, 6.45) is 1.20. The van der Waals surface area contributed by atoms with Crippen molar-refractivity contribution in [1.29, 1.82) is 0 Å². The Morgan fingerprint density at radius 2 is 1.83 bits per heavy atom. The first kappa shape index (κ1) is 25.4. The molecule has 0 bridgehead atoms. The highest BCUT2D eigenvalue weighted by Crippen LogP contribution is 2.32. The molecule has 0 radical (unpaired) electrons. The number of nitrogens with one attached hydrogen (secondary N) is 1. The average Bonchev–Trinajstić information content (AvgIpc) is 3.23. The Labute approximate surface area is 215 Å². The second-order valence-electron chi connectivity index (χ2n) is 8.61. The lowest BCUT2D eigenvalue weighted by atomic mass is 9.89. The fourth-order valence-electron chi connectivity index (χ4n) is 4.23. The number of hydrogen-bond donors (Lipinski definition) is 1. The van der Waals surface area contributed by atoms with Crippen LogP contribution in [0.5, 0.6) is 11.5 Å². The number of aryl methyl sites for hydroxylation is 2. The zero-order chi connectivity index (χ0) is 25.8. The molecule has 2 heterocycles. The van der Waals surface area contributed by atoms with Crippen molar-refractivity contribution in [1.82, 2.24) is 9.99 Å². The normalized spacial score (nSPS) is 15.5. The molecular weight excluding hydrogens is 476 g/mol. The van der Waals surface area contributed by atoms with Crippen molar-refractivity contribution in [3.05, 3.63) is 69.2 Å². The van der Waals surface area contributed by atoms with E-state index in [0.29, 0.717) is 35.0 Å². The number of methoxy groups -OCH3 is 2. The third-order valence-corrected chi connectivity index (χ3v) is 7.22. The second kappa shape index (κ2) is 10.9. The van der Waals surface area contributed by atoms with E-state index in [1.54, 1.807) is 14.2 Å². The molecule has 1 aliphatic rings. The molecule has 0 fully saturated rings. The third-order valence-electron chi connectivity index (χ3n) is 6.15. The number of thiazole rings is 1. The molecule has 188 valence electrons. The quantitative estimate of drug-likeness (QED) is 0.454. The zero-order valence-electron chi connectivity index (χ0n) is 21.1. The van der Waals surface area contributed by atoms with E-state index in [2.05, 4.69) is 17.2 Å². The molecule has 1 aromatic heterocycles. The highest BCUT2D eigenvalue weighted by Gasteiger charge is 2.29. The largest absolute Gasteiger partial charge is 0.493 e. The predicted molar refractivity (Wildman–Crippen MR) is 141 cm³/mol. The van der Waals surface area contributed by atoms with Crippen molar-refractivity contribution in [2.45, 2.75) is 40.2 Å². The summed E-state index contributed by atoms with van der Waals surface area (Å²) in [4.78, 5) is 30.4. The molecule has 1 atom stereocenters. The highest BCUT2D eigenvalue weighted by molar-refractivity contribution is 7.13. The first-order valence-corrected chi connectivity index (χ1v) is 12.6. The standard InChI is InChI=1S/C27H30N4O4S/c1-6-19-14-24(32)31(30-25(19)20-9-12-22(34-4)23(13-20)35-5)15-18-7-10-21(11-8-18)29-27(33)26-16(2)28-17(3)36-26/h7-13,19H,6,14-15H2,1-5H3,(H,29,33). The summed E-state index contributed by atoms with van der Waals surface area (Å²) in [5, 5.41) is 10.1. The maximum Gasteiger partial charge on any atom is 0.267 e. The number of anilines is 1. The van der Waals surface area contributed by atoms with Gasteiger partial charge in [-0.2, -0.15) is 5.10 Å². The highest BCUT2D eigenvalue weighted by atomic mass is 32.1. The number of benzene rings is 2. The van der Waals surface area contributed by atoms with Gasteiger partial charge in [0, 0.05) is 23.6 Å². The Kier molecular flexibility index (Phi) is 7.69. The van der Waals surface area contributed by atoms with Gasteiger partial charge in [-0.15, -0.1) is 11.3 Å². The minimum atomic E-state index is -0.174. The van der Waals surface area contributed by atoms with E-state index >= 15 is 0 Å². The molecule has 4 rings (SSSR count). The van der Waals surface area contributed by atoms with E-state index in [4.69, 9.17) is 14.6 Å². The summed E-state index contributed by atoms with van der Waals surface area (Å²) >= 11 is 1.38. The smallest absolute Gasteiger partial charge is 0.267 e. The van der Waals surface area contributed by atoms with Gasteiger partial charge in [-0.25, -0.2) is 9.99 Å². The van der Waals surface area contributed by atoms with Gasteiger partial charge in [-0.1, -0.05) is 19.1 Å². The molecule has 1 N–H and O–H groups in total. The average molecular weight is 507 g/mol. The lowest BCUT2D eigenvalue weighted by molar-refractivity contribution is -0.133. The maximum atomic E-state index is 12.9. The SMILES string of the molecule is CCC1CC(=O)N(Cc2ccc(NC(=O)c3sc(C)nc3C)cc2)N=C1c1ccc(OC)c(OC)c1. The van der Waals surface area contributed by atoms with E-state index in [1.807, 2.05) is 56.3 Å². The molecule has 8 nitrogen and oxygen atoms in total. The maximum absolute atomic E-state index is 12.9. The van der Waals surface area contributed by atoms with Crippen LogP contribution in [0, 0.1) is 19.8 Å². The van der Waals surface area contributed by atoms with Crippen molar-refractivity contribution in [3.63, 3.8) is 0 Å². The summed E-state index contributed by atoms with van der Waals surface area (Å²) in [7, 11) is 3.20. The first-order valence-electron chi connectivity index (χ1n) is 11.8. The van der Waals surface area contributed by atoms with Gasteiger partial charge in [0.1, 0.15) is 4.88 Å². The number of rotatable bonds is 8. The van der Waals surface area contributed by atoms with Gasteiger partial charge < -0.3 is 14.8 Å². The summed E-state index contributed by atoms with van der Waals surface area (Å²) in [5.41, 5.74) is 4.08. The van der Waals surface area contributed by atoms with Crippen LogP contribution in [0.25, 0.3) is 0 Å². The molecule has 1 unspecified atom stereocenters. The van der Waals surface area contributed by atoms with Crippen LogP contribution in [0.2, 0.25) is 0 Å². The molecule has 36 heavy (non-hydrogen) atoms. The molecule has 0 saturated carbocycles. The number of ether oxygens (including phenoxy) is 2. The summed E-state index contributed by atoms with van der Waals surface area (Å²) < 4.78 is 10.8. The molecule has 0 spiro atoms. The van der Waals surface area contributed by atoms with Crippen molar-refractivity contribution in [2.75, 3.05) is 19.5 Å². The van der Waals surface area contributed by atoms with Gasteiger partial charge in [0.05, 0.1) is 37.2 Å². The Morgan fingerprint density at radius 1 is 1.11 bits per heavy atom. The number of nitrogens with zero attached hydrogens (tertiary/aromatic N) is 3. The Balaban J connectivity index is 1.52. The van der Waals surface area contributed by atoms with Crippen LogP contribution in [0.4, 0.5) is 5.69 Å². The van der Waals surface area contributed by atoms with E-state index in [1.165, 1.54) is 16.3 Å². The lowest BCUT2D eigenvalue weighted by Gasteiger charge is -2.29. The van der Waals surface area contributed by atoms with Crippen molar-refractivity contribution >= 4 is 34.6 Å². The van der Waals surface area contributed by atoms with E-state index in [0.717, 1.165) is 34.0 Å². The van der Waals surface area contributed by atoms with Crippen LogP contribution in [0.15, 0.2) is 47.6 Å². The van der Waals surface area contributed by atoms with Crippen LogP contribution in [-0.2, 0) is 11.3 Å². The third kappa shape index (κ3) is 5.41. The van der Waals surface area contributed by atoms with Crippen LogP contribution < -0.4 is 14.8 Å². The Bertz CT molecular complexity index is 1300. The van der Waals surface area contributed by atoms with Gasteiger partial charge in [0.2, 0.25) is 5.91 Å². The van der Waals surface area contributed by atoms with E-state index in [-0.39, 0.29) is 17.7 Å². The fourth-order valence-corrected chi connectivity index (χ4v) is 5.04. The second-order valence-corrected chi connectivity index (χ2v) is 9.82. The molecule has 2 amide bonds. The van der Waals surface area contributed by atoms with Crippen molar-refractivity contribution in [3.8, 4) is 11.5 Å². The molecule has 9 heteroatoms. The van der Waals surface area contributed by atoms with Crippen molar-refractivity contribution < 1.29 is 19.1 Å². The van der Waals surface area contributed by atoms with Gasteiger partial charge >= 0.3 is 0 Å². The summed E-state index contributed by atoms with van der Waals surface area (Å²) in [6, 6.07) is 13.2. The minimum absolute atomic E-state index is 0.0144. The summed E-state index contributed by atoms with van der Waals surface area (Å²) in [6.45, 7) is 6.11. The number of amides is 2. The molecule has 3 aromatic rings. The van der Waals surface area contributed by atoms with Crippen molar-refractivity contribution in [2.24, 2.45) is 11.0 Å². The molecule has 1 aliphatic heterocycles. The van der Waals surface area contributed by atoms with Gasteiger partial charge in [0.15, 0.2) is 11.5 Å². The molecular formula is C27H30N4O4S. The van der Waals surface area contributed by atoms with Crippen LogP contribution in [0.3, 0.4) is 0 Å². The van der Waals surface area contributed by atoms with Crippen LogP contribution >= 0.6 is 11.3 Å². The van der Waals surface area contributed by atoms with E-state index < -0.39 is 0 Å². The van der Waals surface area contributed by atoms with E-state index in [9.17, 15) is 9.59 Å². The van der Waals surface area contributed by atoms with Crippen LogP contribution in [-0.4, -0.2) is 41.7 Å². The monoisotopic (exact) mass is 506 g/mol. The first-order chi connectivity index (χ1) is 17.3. The number of aromatic nitrogens is 1. The number of hydrogen-bond acceptors (Lipinski definition) is 7. The molecule has 2 aromatic carbocycles. The number of hydrazone groups is 1. The molecule has 0 aliphatic carbocycles. The number of carbonyl (C=O) groups excluding carboxylic acids is 2. The summed E-state index contributed by atoms with van der Waals surface area (Å²) in [5.74, 6) is 1.11. The van der Waals surface area contributed by atoms with Gasteiger partial charge in [-0.3, -0.25) is 9.59 Å². The zero-order valence-corrected chi connectivity index (χ0v) is 21.9. The van der Waals surface area contributed by atoms with Gasteiger partial charge in [-0.05, 0) is 56.2 Å². The predicted octanol–water partition coefficient (Wildman–Crippen LogP) is 5.19. The Hall–Kier alpha value is -3.72. The minimum Gasteiger partial charge on any atom is -0.493 e. The lowest BCUT2D eigenvalue weighted by Crippen LogP contribution is -2.36. The van der Waals surface area contributed by atoms with Gasteiger partial charge in [0.25, 0.3) is 5.91 Å². The Morgan fingerprint density at radius 3 is 2.44 bits per heavy atom. The molecule has 0 saturated heterocycles. The number of carbonyl (C=O) groups is 2. The van der Waals surface area contributed by atoms with Crippen LogP contribution in [0.1, 0.15) is 51.3 Å². The topological polar surface area (TPSA) is 93.1 Å². The fraction of sp³-hybridized carbons (Fsp3) is 0.333.